The fourth-order valence-corrected chi connectivity index (χ4v) is 4.33. The van der Waals surface area contributed by atoms with E-state index in [0.717, 1.165) is 12.8 Å². The van der Waals surface area contributed by atoms with E-state index in [1.54, 1.807) is 61.5 Å². The van der Waals surface area contributed by atoms with Crippen LogP contribution >= 0.6 is 0 Å². The summed E-state index contributed by atoms with van der Waals surface area (Å²) in [6.07, 6.45) is 1.84. The molecule has 0 heterocycles. The first-order valence-electron chi connectivity index (χ1n) is 10.7. The third-order valence-electron chi connectivity index (χ3n) is 5.02. The highest BCUT2D eigenvalue weighted by molar-refractivity contribution is 7.92. The van der Waals surface area contributed by atoms with Crippen LogP contribution in [0.5, 0.6) is 0 Å². The van der Waals surface area contributed by atoms with Gasteiger partial charge in [-0.3, -0.25) is 14.3 Å². The van der Waals surface area contributed by atoms with Crippen molar-refractivity contribution in [1.29, 1.82) is 0 Å². The Labute approximate surface area is 194 Å². The lowest BCUT2D eigenvalue weighted by Gasteiger charge is -2.13. The first-order valence-corrected chi connectivity index (χ1v) is 12.2. The minimum absolute atomic E-state index is 0.153. The van der Waals surface area contributed by atoms with Gasteiger partial charge >= 0.3 is 0 Å². The summed E-state index contributed by atoms with van der Waals surface area (Å²) < 4.78 is 27.7. The Hall–Kier alpha value is -3.65. The fourth-order valence-electron chi connectivity index (χ4n) is 3.18. The molecule has 3 aromatic carbocycles. The normalized spacial score (nSPS) is 11.0. The van der Waals surface area contributed by atoms with Crippen LogP contribution in [0.25, 0.3) is 0 Å². The van der Waals surface area contributed by atoms with Crippen LogP contribution in [0.4, 0.5) is 11.4 Å². The summed E-state index contributed by atoms with van der Waals surface area (Å²) in [5.74, 6) is -0.648. The van der Waals surface area contributed by atoms with Crippen LogP contribution in [0.15, 0.2) is 77.7 Å². The molecule has 0 spiro atoms. The zero-order valence-corrected chi connectivity index (χ0v) is 19.4. The van der Waals surface area contributed by atoms with Gasteiger partial charge in [0.05, 0.1) is 21.8 Å². The number of rotatable bonds is 9. The van der Waals surface area contributed by atoms with Gasteiger partial charge in [-0.25, -0.2) is 8.42 Å². The van der Waals surface area contributed by atoms with Crippen LogP contribution in [0.2, 0.25) is 0 Å². The van der Waals surface area contributed by atoms with Gasteiger partial charge in [-0.15, -0.1) is 0 Å². The second kappa shape index (κ2) is 10.8. The standard InChI is InChI=1S/C25H27N3O4S/c1-3-4-16-26-25(30)21-12-8-9-13-23(21)27-24(29)19-14-15-22(18(2)17-19)28-33(31,32)20-10-6-5-7-11-20/h5-15,17,28H,3-4,16H2,1-2H3,(H,26,30)(H,27,29). The van der Waals surface area contributed by atoms with Crippen molar-refractivity contribution in [1.82, 2.24) is 5.32 Å². The monoisotopic (exact) mass is 465 g/mol. The largest absolute Gasteiger partial charge is 0.352 e. The Morgan fingerprint density at radius 2 is 1.55 bits per heavy atom. The number of carbonyl (C=O) groups excluding carboxylic acids is 2. The number of amides is 2. The van der Waals surface area contributed by atoms with Gasteiger partial charge in [-0.05, 0) is 61.4 Å². The number of aryl methyl sites for hydroxylation is 1. The zero-order valence-electron chi connectivity index (χ0n) is 18.6. The maximum atomic E-state index is 12.8. The van der Waals surface area contributed by atoms with Gasteiger partial charge in [0, 0.05) is 12.1 Å². The highest BCUT2D eigenvalue weighted by atomic mass is 32.2. The van der Waals surface area contributed by atoms with E-state index in [1.807, 2.05) is 6.92 Å². The summed E-state index contributed by atoms with van der Waals surface area (Å²) in [7, 11) is -3.74. The molecule has 0 aliphatic rings. The Morgan fingerprint density at radius 3 is 2.24 bits per heavy atom. The number of hydrogen-bond donors (Lipinski definition) is 3. The van der Waals surface area contributed by atoms with Crippen LogP contribution in [-0.2, 0) is 10.0 Å². The molecular weight excluding hydrogens is 438 g/mol. The molecule has 172 valence electrons. The van der Waals surface area contributed by atoms with Crippen molar-refractivity contribution in [2.45, 2.75) is 31.6 Å². The van der Waals surface area contributed by atoms with Gasteiger partial charge in [0.2, 0.25) is 0 Å². The molecule has 0 aliphatic heterocycles. The van der Waals surface area contributed by atoms with Crippen molar-refractivity contribution in [3.05, 3.63) is 89.5 Å². The average Bonchev–Trinajstić information content (AvgIpc) is 2.81. The van der Waals surface area contributed by atoms with Crippen molar-refractivity contribution in [3.63, 3.8) is 0 Å². The highest BCUT2D eigenvalue weighted by Gasteiger charge is 2.17. The predicted octanol–water partition coefficient (Wildman–Crippen LogP) is 4.58. The van der Waals surface area contributed by atoms with Gasteiger partial charge in [0.25, 0.3) is 21.8 Å². The number of para-hydroxylation sites is 1. The Kier molecular flexibility index (Phi) is 7.84. The molecule has 33 heavy (non-hydrogen) atoms. The number of carbonyl (C=O) groups is 2. The highest BCUT2D eigenvalue weighted by Crippen LogP contribution is 2.22. The molecular formula is C25H27N3O4S. The first-order chi connectivity index (χ1) is 15.8. The van der Waals surface area contributed by atoms with Crippen LogP contribution in [0.1, 0.15) is 46.0 Å². The maximum Gasteiger partial charge on any atom is 0.261 e. The van der Waals surface area contributed by atoms with Crippen LogP contribution in [0, 0.1) is 6.92 Å². The second-order valence-corrected chi connectivity index (χ2v) is 9.24. The van der Waals surface area contributed by atoms with E-state index in [9.17, 15) is 18.0 Å². The molecule has 0 bridgehead atoms. The molecule has 3 N–H and O–H groups in total. The molecule has 0 aromatic heterocycles. The number of anilines is 2. The molecule has 0 atom stereocenters. The SMILES string of the molecule is CCCCNC(=O)c1ccccc1NC(=O)c1ccc(NS(=O)(=O)c2ccccc2)c(C)c1. The quantitative estimate of drug-likeness (QED) is 0.402. The number of unbranched alkanes of at least 4 members (excludes halogenated alkanes) is 1. The van der Waals surface area contributed by atoms with Crippen molar-refractivity contribution >= 4 is 33.2 Å². The van der Waals surface area contributed by atoms with Crippen molar-refractivity contribution < 1.29 is 18.0 Å². The molecule has 0 saturated carbocycles. The number of hydrogen-bond acceptors (Lipinski definition) is 4. The Bertz CT molecular complexity index is 1240. The van der Waals surface area contributed by atoms with E-state index >= 15 is 0 Å². The van der Waals surface area contributed by atoms with Gasteiger partial charge in [-0.2, -0.15) is 0 Å². The summed E-state index contributed by atoms with van der Waals surface area (Å²) in [4.78, 5) is 25.5. The molecule has 0 fully saturated rings. The lowest BCUT2D eigenvalue weighted by Crippen LogP contribution is -2.26. The first kappa shape index (κ1) is 24.0. The zero-order chi connectivity index (χ0) is 23.8. The van der Waals surface area contributed by atoms with Crippen molar-refractivity contribution in [2.75, 3.05) is 16.6 Å². The third-order valence-corrected chi connectivity index (χ3v) is 6.40. The molecule has 7 nitrogen and oxygen atoms in total. The van der Waals surface area contributed by atoms with Gasteiger partial charge in [0.1, 0.15) is 0 Å². The van der Waals surface area contributed by atoms with E-state index in [4.69, 9.17) is 0 Å². The smallest absolute Gasteiger partial charge is 0.261 e. The fraction of sp³-hybridized carbons (Fsp3) is 0.200. The topological polar surface area (TPSA) is 104 Å². The van der Waals surface area contributed by atoms with Gasteiger partial charge in [0.15, 0.2) is 0 Å². The summed E-state index contributed by atoms with van der Waals surface area (Å²) >= 11 is 0. The molecule has 3 aromatic rings. The Morgan fingerprint density at radius 1 is 0.848 bits per heavy atom. The number of nitrogens with one attached hydrogen (secondary N) is 3. The molecule has 3 rings (SSSR count). The lowest BCUT2D eigenvalue weighted by molar-refractivity contribution is 0.0954. The summed E-state index contributed by atoms with van der Waals surface area (Å²) in [5.41, 5.74) is 2.10. The van der Waals surface area contributed by atoms with Gasteiger partial charge < -0.3 is 10.6 Å². The number of benzene rings is 3. The van der Waals surface area contributed by atoms with E-state index < -0.39 is 15.9 Å². The molecule has 0 saturated heterocycles. The second-order valence-electron chi connectivity index (χ2n) is 7.56. The lowest BCUT2D eigenvalue weighted by atomic mass is 10.1. The molecule has 0 aliphatic carbocycles. The minimum atomic E-state index is -3.74. The third kappa shape index (κ3) is 6.20. The van der Waals surface area contributed by atoms with E-state index in [2.05, 4.69) is 15.4 Å². The minimum Gasteiger partial charge on any atom is -0.352 e. The van der Waals surface area contributed by atoms with Gasteiger partial charge in [-0.1, -0.05) is 43.7 Å². The van der Waals surface area contributed by atoms with Crippen LogP contribution in [0.3, 0.4) is 0 Å². The summed E-state index contributed by atoms with van der Waals surface area (Å²) in [6, 6.07) is 19.5. The number of sulfonamides is 1. The van der Waals surface area contributed by atoms with Crippen molar-refractivity contribution in [2.24, 2.45) is 0 Å². The molecule has 2 amide bonds. The predicted molar refractivity (Wildman–Crippen MR) is 130 cm³/mol. The summed E-state index contributed by atoms with van der Waals surface area (Å²) in [6.45, 7) is 4.33. The molecule has 0 unspecified atom stereocenters. The molecule has 0 radical (unpaired) electrons. The van der Waals surface area contributed by atoms with Crippen molar-refractivity contribution in [3.8, 4) is 0 Å². The summed E-state index contributed by atoms with van der Waals surface area (Å²) in [5, 5.41) is 5.63. The Balaban J connectivity index is 1.75. The van der Waals surface area contributed by atoms with E-state index in [-0.39, 0.29) is 10.8 Å². The van der Waals surface area contributed by atoms with E-state index in [0.29, 0.717) is 34.6 Å². The average molecular weight is 466 g/mol. The van der Waals surface area contributed by atoms with E-state index in [1.165, 1.54) is 18.2 Å². The van der Waals surface area contributed by atoms with Crippen LogP contribution < -0.4 is 15.4 Å². The van der Waals surface area contributed by atoms with Crippen LogP contribution in [-0.4, -0.2) is 26.8 Å². The maximum absolute atomic E-state index is 12.8. The molecule has 8 heteroatoms.